The predicted octanol–water partition coefficient (Wildman–Crippen LogP) is 2.84. The average Bonchev–Trinajstić information content (AvgIpc) is 3.44. The van der Waals surface area contributed by atoms with E-state index in [-0.39, 0.29) is 18.3 Å². The van der Waals surface area contributed by atoms with Gasteiger partial charge in [0, 0.05) is 18.3 Å². The van der Waals surface area contributed by atoms with Crippen LogP contribution >= 0.6 is 0 Å². The SMILES string of the molecule is Cc1ccc(-c2noc(-c3cccn4c(=O)n(CC(=O)NCc5ccccc5)nc34)n2)cc1. The molecule has 0 atom stereocenters. The zero-order chi connectivity index (χ0) is 22.8. The predicted molar refractivity (Wildman–Crippen MR) is 121 cm³/mol. The van der Waals surface area contributed by atoms with Crippen molar-refractivity contribution in [2.45, 2.75) is 20.0 Å². The molecular weight excluding hydrogens is 420 g/mol. The first kappa shape index (κ1) is 20.4. The second kappa shape index (κ2) is 8.54. The van der Waals surface area contributed by atoms with Crippen molar-refractivity contribution < 1.29 is 9.32 Å². The highest BCUT2D eigenvalue weighted by Crippen LogP contribution is 2.24. The molecule has 0 aliphatic carbocycles. The third kappa shape index (κ3) is 4.16. The van der Waals surface area contributed by atoms with Crippen LogP contribution in [0.2, 0.25) is 0 Å². The lowest BCUT2D eigenvalue weighted by Crippen LogP contribution is -2.32. The number of amides is 1. The van der Waals surface area contributed by atoms with Gasteiger partial charge in [0.15, 0.2) is 5.65 Å². The summed E-state index contributed by atoms with van der Waals surface area (Å²) in [6.07, 6.45) is 1.59. The molecule has 9 heteroatoms. The summed E-state index contributed by atoms with van der Waals surface area (Å²) in [6.45, 7) is 2.17. The van der Waals surface area contributed by atoms with Crippen LogP contribution < -0.4 is 11.0 Å². The van der Waals surface area contributed by atoms with Gasteiger partial charge in [0.25, 0.3) is 5.89 Å². The van der Waals surface area contributed by atoms with Gasteiger partial charge < -0.3 is 9.84 Å². The Hall–Kier alpha value is -4.53. The van der Waals surface area contributed by atoms with E-state index in [9.17, 15) is 9.59 Å². The Morgan fingerprint density at radius 2 is 1.82 bits per heavy atom. The molecule has 0 aliphatic heterocycles. The van der Waals surface area contributed by atoms with E-state index in [2.05, 4.69) is 20.6 Å². The highest BCUT2D eigenvalue weighted by molar-refractivity contribution is 5.76. The van der Waals surface area contributed by atoms with Crippen molar-refractivity contribution in [2.24, 2.45) is 0 Å². The lowest BCUT2D eigenvalue weighted by Gasteiger charge is -2.04. The number of benzene rings is 2. The molecule has 0 saturated carbocycles. The minimum absolute atomic E-state index is 0.203. The van der Waals surface area contributed by atoms with Gasteiger partial charge in [0.05, 0.1) is 5.56 Å². The molecule has 0 spiro atoms. The summed E-state index contributed by atoms with van der Waals surface area (Å²) in [7, 11) is 0. The summed E-state index contributed by atoms with van der Waals surface area (Å²) >= 11 is 0. The van der Waals surface area contributed by atoms with Crippen molar-refractivity contribution in [3.8, 4) is 22.8 Å². The van der Waals surface area contributed by atoms with Crippen molar-refractivity contribution in [2.75, 3.05) is 0 Å². The van der Waals surface area contributed by atoms with Crippen LogP contribution in [0.4, 0.5) is 0 Å². The Kier molecular flexibility index (Phi) is 5.27. The van der Waals surface area contributed by atoms with E-state index in [1.54, 1.807) is 18.3 Å². The standard InChI is InChI=1S/C24H20N6O3/c1-16-9-11-18(12-10-16)21-26-23(33-28-21)19-8-5-13-29-22(19)27-30(24(29)32)15-20(31)25-14-17-6-3-2-4-7-17/h2-13H,14-15H2,1H3,(H,25,31). The van der Waals surface area contributed by atoms with Crippen molar-refractivity contribution in [3.63, 3.8) is 0 Å². The number of nitrogens with one attached hydrogen (secondary N) is 1. The maximum absolute atomic E-state index is 12.8. The van der Waals surface area contributed by atoms with Gasteiger partial charge in [-0.25, -0.2) is 13.9 Å². The quantitative estimate of drug-likeness (QED) is 0.435. The number of aromatic nitrogens is 5. The molecule has 5 aromatic rings. The molecule has 33 heavy (non-hydrogen) atoms. The molecule has 164 valence electrons. The number of aryl methyl sites for hydroxylation is 1. The number of carbonyl (C=O) groups excluding carboxylic acids is 1. The molecule has 0 fully saturated rings. The van der Waals surface area contributed by atoms with Crippen molar-refractivity contribution in [1.29, 1.82) is 0 Å². The van der Waals surface area contributed by atoms with E-state index in [1.807, 2.05) is 61.5 Å². The molecule has 9 nitrogen and oxygen atoms in total. The topological polar surface area (TPSA) is 107 Å². The second-order valence-corrected chi connectivity index (χ2v) is 7.61. The van der Waals surface area contributed by atoms with Crippen molar-refractivity contribution in [3.05, 3.63) is 94.5 Å². The van der Waals surface area contributed by atoms with Crippen LogP contribution in [-0.4, -0.2) is 30.2 Å². The highest BCUT2D eigenvalue weighted by Gasteiger charge is 2.18. The number of rotatable bonds is 6. The van der Waals surface area contributed by atoms with Crippen LogP contribution in [0.25, 0.3) is 28.5 Å². The summed E-state index contributed by atoms with van der Waals surface area (Å²) in [4.78, 5) is 29.7. The monoisotopic (exact) mass is 440 g/mol. The Morgan fingerprint density at radius 3 is 2.61 bits per heavy atom. The number of fused-ring (bicyclic) bond motifs is 1. The third-order valence-corrected chi connectivity index (χ3v) is 5.20. The van der Waals surface area contributed by atoms with Crippen LogP contribution in [0.3, 0.4) is 0 Å². The van der Waals surface area contributed by atoms with E-state index in [1.165, 1.54) is 4.40 Å². The van der Waals surface area contributed by atoms with Gasteiger partial charge in [-0.3, -0.25) is 4.79 Å². The summed E-state index contributed by atoms with van der Waals surface area (Å²) < 4.78 is 7.93. The Labute approximate surface area is 188 Å². The number of pyridine rings is 1. The maximum Gasteiger partial charge on any atom is 0.350 e. The highest BCUT2D eigenvalue weighted by atomic mass is 16.5. The number of carbonyl (C=O) groups is 1. The summed E-state index contributed by atoms with van der Waals surface area (Å²) in [5.74, 6) is 0.362. The van der Waals surface area contributed by atoms with Gasteiger partial charge in [0.2, 0.25) is 11.7 Å². The fourth-order valence-corrected chi connectivity index (χ4v) is 3.45. The minimum Gasteiger partial charge on any atom is -0.350 e. The Balaban J connectivity index is 1.40. The zero-order valence-corrected chi connectivity index (χ0v) is 17.8. The maximum atomic E-state index is 12.8. The summed E-state index contributed by atoms with van der Waals surface area (Å²) in [5, 5.41) is 11.2. The number of hydrogen-bond donors (Lipinski definition) is 1. The van der Waals surface area contributed by atoms with Crippen molar-refractivity contribution >= 4 is 11.6 Å². The molecule has 1 N–H and O–H groups in total. The normalized spacial score (nSPS) is 11.1. The van der Waals surface area contributed by atoms with Crippen LogP contribution in [0, 0.1) is 6.92 Å². The number of nitrogens with zero attached hydrogens (tertiary/aromatic N) is 5. The molecule has 0 unspecified atom stereocenters. The first-order valence-electron chi connectivity index (χ1n) is 10.4. The summed E-state index contributed by atoms with van der Waals surface area (Å²) in [5.41, 5.74) is 3.32. The van der Waals surface area contributed by atoms with E-state index < -0.39 is 5.69 Å². The molecule has 3 aromatic heterocycles. The van der Waals surface area contributed by atoms with Crippen LogP contribution in [0.1, 0.15) is 11.1 Å². The average molecular weight is 440 g/mol. The molecule has 0 bridgehead atoms. The van der Waals surface area contributed by atoms with Crippen LogP contribution in [0.5, 0.6) is 0 Å². The third-order valence-electron chi connectivity index (χ3n) is 5.20. The molecule has 3 heterocycles. The molecule has 5 rings (SSSR count). The Bertz CT molecular complexity index is 1480. The van der Waals surface area contributed by atoms with Gasteiger partial charge >= 0.3 is 5.69 Å². The van der Waals surface area contributed by atoms with E-state index in [0.717, 1.165) is 21.4 Å². The summed E-state index contributed by atoms with van der Waals surface area (Å²) in [6, 6.07) is 20.7. The fraction of sp³-hybridized carbons (Fsp3) is 0.125. The second-order valence-electron chi connectivity index (χ2n) is 7.61. The van der Waals surface area contributed by atoms with Crippen LogP contribution in [-0.2, 0) is 17.9 Å². The van der Waals surface area contributed by atoms with Gasteiger partial charge in [-0.2, -0.15) is 4.98 Å². The molecular formula is C24H20N6O3. The zero-order valence-electron chi connectivity index (χ0n) is 17.8. The van der Waals surface area contributed by atoms with Gasteiger partial charge in [-0.05, 0) is 24.6 Å². The molecule has 0 saturated heterocycles. The van der Waals surface area contributed by atoms with E-state index in [0.29, 0.717) is 23.6 Å². The van der Waals surface area contributed by atoms with Crippen molar-refractivity contribution in [1.82, 2.24) is 29.6 Å². The largest absolute Gasteiger partial charge is 0.350 e. The van der Waals surface area contributed by atoms with Gasteiger partial charge in [0.1, 0.15) is 6.54 Å². The molecule has 0 aliphatic rings. The first-order chi connectivity index (χ1) is 16.1. The first-order valence-corrected chi connectivity index (χ1v) is 10.4. The Morgan fingerprint density at radius 1 is 1.03 bits per heavy atom. The van der Waals surface area contributed by atoms with Crippen LogP contribution in [0.15, 0.2) is 82.2 Å². The molecule has 0 radical (unpaired) electrons. The lowest BCUT2D eigenvalue weighted by atomic mass is 10.1. The van der Waals surface area contributed by atoms with Gasteiger partial charge in [-0.1, -0.05) is 65.3 Å². The minimum atomic E-state index is -0.431. The fourth-order valence-electron chi connectivity index (χ4n) is 3.45. The van der Waals surface area contributed by atoms with E-state index in [4.69, 9.17) is 4.52 Å². The molecule has 1 amide bonds. The smallest absolute Gasteiger partial charge is 0.350 e. The number of hydrogen-bond acceptors (Lipinski definition) is 6. The van der Waals surface area contributed by atoms with Gasteiger partial charge in [-0.15, -0.1) is 5.10 Å². The lowest BCUT2D eigenvalue weighted by molar-refractivity contribution is -0.122. The molecule has 2 aromatic carbocycles. The van der Waals surface area contributed by atoms with E-state index >= 15 is 0 Å².